The van der Waals surface area contributed by atoms with Crippen LogP contribution in [0.5, 0.6) is 0 Å². The first-order valence-corrected chi connectivity index (χ1v) is 15.6. The molecule has 34 heavy (non-hydrogen) atoms. The first-order valence-electron chi connectivity index (χ1n) is 15.6. The molecular weight excluding hydrogens is 418 g/mol. The zero-order valence-corrected chi connectivity index (χ0v) is 23.7. The predicted octanol–water partition coefficient (Wildman–Crippen LogP) is 9.31. The minimum atomic E-state index is -0.597. The van der Waals surface area contributed by atoms with Crippen LogP contribution in [0, 0.1) is 5.92 Å². The van der Waals surface area contributed by atoms with Gasteiger partial charge in [0.1, 0.15) is 0 Å². The Labute approximate surface area is 214 Å². The van der Waals surface area contributed by atoms with Gasteiger partial charge in [-0.2, -0.15) is 0 Å². The summed E-state index contributed by atoms with van der Waals surface area (Å²) >= 11 is 0. The third kappa shape index (κ3) is 18.2. The molecule has 1 atom stereocenters. The molecule has 0 spiro atoms. The molecule has 204 valence electrons. The van der Waals surface area contributed by atoms with E-state index in [1.807, 2.05) is 0 Å². The predicted molar refractivity (Wildman–Crippen MR) is 149 cm³/mol. The standard InChI is InChI=1S/C31H63NO2/c1-4-5-6-7-8-9-10-11-12-13-14-15-16-17-18-19-20-21-22-23-24-30(33)34-31(2,3)29-25-27-32-28-26-29/h29-30,32-33H,4-28H2,1-3H3. The van der Waals surface area contributed by atoms with E-state index in [-0.39, 0.29) is 5.60 Å². The molecule has 1 aliphatic rings. The van der Waals surface area contributed by atoms with E-state index in [9.17, 15) is 5.11 Å². The Morgan fingerprint density at radius 2 is 1.00 bits per heavy atom. The molecule has 1 heterocycles. The third-order valence-electron chi connectivity index (χ3n) is 8.07. The summed E-state index contributed by atoms with van der Waals surface area (Å²) in [6.07, 6.45) is 30.5. The number of aliphatic hydroxyl groups excluding tert-OH is 1. The summed E-state index contributed by atoms with van der Waals surface area (Å²) in [7, 11) is 0. The average Bonchev–Trinajstić information content (AvgIpc) is 2.83. The Morgan fingerprint density at radius 3 is 1.38 bits per heavy atom. The first-order chi connectivity index (χ1) is 16.6. The summed E-state index contributed by atoms with van der Waals surface area (Å²) in [5.74, 6) is 0.554. The Hall–Kier alpha value is -0.120. The van der Waals surface area contributed by atoms with Gasteiger partial charge in [-0.05, 0) is 58.5 Å². The second-order valence-corrected chi connectivity index (χ2v) is 11.7. The number of hydrogen-bond acceptors (Lipinski definition) is 3. The summed E-state index contributed by atoms with van der Waals surface area (Å²) in [6.45, 7) is 8.76. The molecule has 3 nitrogen and oxygen atoms in total. The molecule has 0 radical (unpaired) electrons. The van der Waals surface area contributed by atoms with E-state index in [0.29, 0.717) is 5.92 Å². The van der Waals surface area contributed by atoms with Crippen molar-refractivity contribution >= 4 is 0 Å². The summed E-state index contributed by atoms with van der Waals surface area (Å²) < 4.78 is 6.05. The maximum atomic E-state index is 10.3. The van der Waals surface area contributed by atoms with Gasteiger partial charge in [0, 0.05) is 0 Å². The summed E-state index contributed by atoms with van der Waals surface area (Å²) in [5.41, 5.74) is -0.213. The molecule has 3 heteroatoms. The molecule has 1 aliphatic heterocycles. The molecule has 1 fully saturated rings. The molecule has 0 aromatic heterocycles. The molecule has 0 aliphatic carbocycles. The number of hydrogen-bond donors (Lipinski definition) is 2. The first kappa shape index (κ1) is 31.9. The molecule has 0 saturated carbocycles. The van der Waals surface area contributed by atoms with Crippen LogP contribution in [0.2, 0.25) is 0 Å². The number of piperidine rings is 1. The largest absolute Gasteiger partial charge is 0.368 e. The van der Waals surface area contributed by atoms with Crippen molar-refractivity contribution in [3.63, 3.8) is 0 Å². The highest BCUT2D eigenvalue weighted by Gasteiger charge is 2.33. The quantitative estimate of drug-likeness (QED) is 0.107. The van der Waals surface area contributed by atoms with Crippen molar-refractivity contribution in [3.05, 3.63) is 0 Å². The smallest absolute Gasteiger partial charge is 0.155 e. The van der Waals surface area contributed by atoms with E-state index in [1.54, 1.807) is 0 Å². The van der Waals surface area contributed by atoms with Crippen LogP contribution in [0.1, 0.15) is 168 Å². The number of rotatable bonds is 24. The van der Waals surface area contributed by atoms with Gasteiger partial charge < -0.3 is 15.2 Å². The van der Waals surface area contributed by atoms with Gasteiger partial charge in [0.05, 0.1) is 5.60 Å². The molecule has 0 bridgehead atoms. The number of unbranched alkanes of at least 4 members (excludes halogenated alkanes) is 19. The highest BCUT2D eigenvalue weighted by atomic mass is 16.6. The summed E-state index contributed by atoms with van der Waals surface area (Å²) in [5, 5.41) is 13.7. The lowest BCUT2D eigenvalue weighted by Crippen LogP contribution is -2.43. The Bertz CT molecular complexity index is 420. The van der Waals surface area contributed by atoms with Crippen LogP contribution in [-0.4, -0.2) is 30.1 Å². The molecule has 1 unspecified atom stereocenters. The highest BCUT2D eigenvalue weighted by Crippen LogP contribution is 2.30. The summed E-state index contributed by atoms with van der Waals surface area (Å²) in [6, 6.07) is 0. The monoisotopic (exact) mass is 481 g/mol. The van der Waals surface area contributed by atoms with Crippen LogP contribution in [0.25, 0.3) is 0 Å². The lowest BCUT2D eigenvalue weighted by atomic mass is 9.83. The van der Waals surface area contributed by atoms with Gasteiger partial charge in [-0.25, -0.2) is 0 Å². The Kier molecular flexibility index (Phi) is 20.7. The Morgan fingerprint density at radius 1 is 0.647 bits per heavy atom. The van der Waals surface area contributed by atoms with Gasteiger partial charge in [0.2, 0.25) is 0 Å². The topological polar surface area (TPSA) is 41.5 Å². The maximum absolute atomic E-state index is 10.3. The van der Waals surface area contributed by atoms with Crippen molar-refractivity contribution in [1.29, 1.82) is 0 Å². The molecular formula is C31H63NO2. The van der Waals surface area contributed by atoms with Crippen LogP contribution < -0.4 is 5.32 Å². The van der Waals surface area contributed by atoms with Crippen LogP contribution in [-0.2, 0) is 4.74 Å². The van der Waals surface area contributed by atoms with Gasteiger partial charge in [-0.15, -0.1) is 0 Å². The summed E-state index contributed by atoms with van der Waals surface area (Å²) in [4.78, 5) is 0. The van der Waals surface area contributed by atoms with Gasteiger partial charge in [-0.3, -0.25) is 0 Å². The van der Waals surface area contributed by atoms with Gasteiger partial charge >= 0.3 is 0 Å². The van der Waals surface area contributed by atoms with Crippen LogP contribution >= 0.6 is 0 Å². The number of ether oxygens (including phenoxy) is 1. The fraction of sp³-hybridized carbons (Fsp3) is 1.00. The maximum Gasteiger partial charge on any atom is 0.155 e. The van der Waals surface area contributed by atoms with Gasteiger partial charge in [0.15, 0.2) is 6.29 Å². The van der Waals surface area contributed by atoms with Crippen molar-refractivity contribution in [2.75, 3.05) is 13.1 Å². The van der Waals surface area contributed by atoms with E-state index in [4.69, 9.17) is 4.74 Å². The van der Waals surface area contributed by atoms with Crippen molar-refractivity contribution in [2.24, 2.45) is 5.92 Å². The fourth-order valence-corrected chi connectivity index (χ4v) is 5.60. The fourth-order valence-electron chi connectivity index (χ4n) is 5.60. The second-order valence-electron chi connectivity index (χ2n) is 11.7. The molecule has 0 aromatic rings. The van der Waals surface area contributed by atoms with Crippen LogP contribution in [0.3, 0.4) is 0 Å². The van der Waals surface area contributed by atoms with Gasteiger partial charge in [-0.1, -0.05) is 129 Å². The van der Waals surface area contributed by atoms with E-state index in [1.165, 1.54) is 122 Å². The SMILES string of the molecule is CCCCCCCCCCCCCCCCCCCCCCC(O)OC(C)(C)C1CCNCC1. The van der Waals surface area contributed by atoms with Crippen LogP contribution in [0.4, 0.5) is 0 Å². The van der Waals surface area contributed by atoms with E-state index < -0.39 is 6.29 Å². The molecule has 1 rings (SSSR count). The van der Waals surface area contributed by atoms with E-state index in [0.717, 1.165) is 38.8 Å². The minimum Gasteiger partial charge on any atom is -0.368 e. The number of nitrogens with one attached hydrogen (secondary N) is 1. The molecule has 0 aromatic carbocycles. The van der Waals surface area contributed by atoms with Crippen molar-refractivity contribution in [3.8, 4) is 0 Å². The number of aliphatic hydroxyl groups is 1. The van der Waals surface area contributed by atoms with E-state index in [2.05, 4.69) is 26.1 Å². The molecule has 2 N–H and O–H groups in total. The average molecular weight is 482 g/mol. The third-order valence-corrected chi connectivity index (χ3v) is 8.07. The minimum absolute atomic E-state index is 0.213. The van der Waals surface area contributed by atoms with E-state index >= 15 is 0 Å². The Balaban J connectivity index is 1.77. The second kappa shape index (κ2) is 22.1. The zero-order chi connectivity index (χ0) is 24.7. The lowest BCUT2D eigenvalue weighted by molar-refractivity contribution is -0.197. The van der Waals surface area contributed by atoms with Crippen molar-refractivity contribution < 1.29 is 9.84 Å². The normalized spacial score (nSPS) is 16.2. The molecule has 1 saturated heterocycles. The molecule has 0 amide bonds. The van der Waals surface area contributed by atoms with Crippen molar-refractivity contribution in [1.82, 2.24) is 5.32 Å². The highest BCUT2D eigenvalue weighted by molar-refractivity contribution is 4.83. The van der Waals surface area contributed by atoms with Gasteiger partial charge in [0.25, 0.3) is 0 Å². The van der Waals surface area contributed by atoms with Crippen molar-refractivity contribution in [2.45, 2.75) is 180 Å². The zero-order valence-electron chi connectivity index (χ0n) is 23.7. The lowest BCUT2D eigenvalue weighted by Gasteiger charge is -2.38. The van der Waals surface area contributed by atoms with Crippen LogP contribution in [0.15, 0.2) is 0 Å².